The molecule has 1 aliphatic rings. The second-order valence-corrected chi connectivity index (χ2v) is 3.90. The van der Waals surface area contributed by atoms with E-state index in [1.165, 1.54) is 32.1 Å². The number of hydrogen-bond acceptors (Lipinski definition) is 2. The van der Waals surface area contributed by atoms with Gasteiger partial charge in [-0.05, 0) is 38.0 Å². The summed E-state index contributed by atoms with van der Waals surface area (Å²) < 4.78 is 0. The van der Waals surface area contributed by atoms with Crippen LogP contribution >= 0.6 is 12.6 Å². The average Bonchev–Trinajstić information content (AvgIpc) is 2.52. The maximum Gasteiger partial charge on any atom is 0.0100 e. The maximum absolute atomic E-state index is 4.27. The fourth-order valence-corrected chi connectivity index (χ4v) is 2.39. The monoisotopic (exact) mass is 173 g/mol. The van der Waals surface area contributed by atoms with E-state index in [0.717, 1.165) is 17.7 Å². The van der Waals surface area contributed by atoms with Crippen molar-refractivity contribution in [3.8, 4) is 0 Å². The van der Waals surface area contributed by atoms with Crippen LogP contribution in [0.3, 0.4) is 0 Å². The van der Waals surface area contributed by atoms with Crippen LogP contribution in [-0.2, 0) is 0 Å². The summed E-state index contributed by atoms with van der Waals surface area (Å²) in [7, 11) is 2.08. The molecular formula is C9H19NS. The molecule has 66 valence electrons. The fourth-order valence-electron chi connectivity index (χ4n) is 2.11. The highest BCUT2D eigenvalue weighted by atomic mass is 32.1. The third-order valence-corrected chi connectivity index (χ3v) is 3.04. The van der Waals surface area contributed by atoms with Crippen molar-refractivity contribution in [1.29, 1.82) is 0 Å². The quantitative estimate of drug-likeness (QED) is 0.620. The highest BCUT2D eigenvalue weighted by Crippen LogP contribution is 2.28. The van der Waals surface area contributed by atoms with Crippen molar-refractivity contribution < 1.29 is 0 Å². The molecule has 0 saturated heterocycles. The summed E-state index contributed by atoms with van der Waals surface area (Å²) in [5.41, 5.74) is 0. The Morgan fingerprint density at radius 3 is 2.55 bits per heavy atom. The minimum atomic E-state index is 0.731. The fraction of sp³-hybridized carbons (Fsp3) is 1.00. The summed E-state index contributed by atoms with van der Waals surface area (Å²) >= 11 is 4.27. The Bertz CT molecular complexity index is 99.7. The van der Waals surface area contributed by atoms with Crippen LogP contribution in [-0.4, -0.2) is 18.8 Å². The molecule has 0 spiro atoms. The van der Waals surface area contributed by atoms with E-state index in [4.69, 9.17) is 0 Å². The summed E-state index contributed by atoms with van der Waals surface area (Å²) in [5.74, 6) is 1.95. The smallest absolute Gasteiger partial charge is 0.0100 e. The summed E-state index contributed by atoms with van der Waals surface area (Å²) in [6, 6.07) is 0.731. The van der Waals surface area contributed by atoms with E-state index in [9.17, 15) is 0 Å². The molecule has 1 unspecified atom stereocenters. The molecule has 0 aliphatic heterocycles. The normalized spacial score (nSPS) is 22.4. The molecule has 1 fully saturated rings. The predicted molar refractivity (Wildman–Crippen MR) is 53.3 cm³/mol. The minimum absolute atomic E-state index is 0.731. The van der Waals surface area contributed by atoms with E-state index in [1.807, 2.05) is 0 Å². The minimum Gasteiger partial charge on any atom is -0.317 e. The standard InChI is InChI=1S/C9H19NS/c1-10-9(6-7-11)8-4-2-3-5-8/h8-11H,2-7H2,1H3. The molecule has 0 aromatic rings. The molecule has 11 heavy (non-hydrogen) atoms. The van der Waals surface area contributed by atoms with Crippen LogP contribution in [0.15, 0.2) is 0 Å². The number of rotatable bonds is 4. The molecule has 0 aromatic heterocycles. The lowest BCUT2D eigenvalue weighted by Gasteiger charge is -2.21. The van der Waals surface area contributed by atoms with Gasteiger partial charge in [-0.1, -0.05) is 12.8 Å². The first-order valence-corrected chi connectivity index (χ1v) is 5.30. The van der Waals surface area contributed by atoms with Gasteiger partial charge in [0.15, 0.2) is 0 Å². The van der Waals surface area contributed by atoms with Crippen LogP contribution in [0.5, 0.6) is 0 Å². The molecule has 2 heteroatoms. The largest absolute Gasteiger partial charge is 0.317 e. The van der Waals surface area contributed by atoms with Gasteiger partial charge in [0.05, 0.1) is 0 Å². The molecule has 0 heterocycles. The van der Waals surface area contributed by atoms with Gasteiger partial charge in [0.2, 0.25) is 0 Å². The Morgan fingerprint density at radius 1 is 1.45 bits per heavy atom. The number of hydrogen-bond donors (Lipinski definition) is 2. The maximum atomic E-state index is 4.27. The van der Waals surface area contributed by atoms with E-state index in [0.29, 0.717) is 0 Å². The van der Waals surface area contributed by atoms with Crippen LogP contribution < -0.4 is 5.32 Å². The third-order valence-electron chi connectivity index (χ3n) is 2.78. The first kappa shape index (κ1) is 9.40. The van der Waals surface area contributed by atoms with Crippen molar-refractivity contribution in [2.24, 2.45) is 5.92 Å². The van der Waals surface area contributed by atoms with Crippen molar-refractivity contribution in [2.45, 2.75) is 38.1 Å². The molecule has 1 aliphatic carbocycles. The van der Waals surface area contributed by atoms with Gasteiger partial charge in [-0.3, -0.25) is 0 Å². The summed E-state index contributed by atoms with van der Waals surface area (Å²) in [6.07, 6.45) is 6.97. The molecule has 0 amide bonds. The van der Waals surface area contributed by atoms with Gasteiger partial charge in [0, 0.05) is 6.04 Å². The van der Waals surface area contributed by atoms with Crippen LogP contribution in [0.4, 0.5) is 0 Å². The van der Waals surface area contributed by atoms with Gasteiger partial charge in [0.25, 0.3) is 0 Å². The van der Waals surface area contributed by atoms with Crippen LogP contribution in [0, 0.1) is 5.92 Å². The summed E-state index contributed by atoms with van der Waals surface area (Å²) in [4.78, 5) is 0. The lowest BCUT2D eigenvalue weighted by molar-refractivity contribution is 0.372. The Hall–Kier alpha value is 0.310. The molecule has 0 bridgehead atoms. The lowest BCUT2D eigenvalue weighted by Crippen LogP contribution is -2.32. The summed E-state index contributed by atoms with van der Waals surface area (Å²) in [5, 5.41) is 3.40. The average molecular weight is 173 g/mol. The zero-order chi connectivity index (χ0) is 8.10. The van der Waals surface area contributed by atoms with Crippen LogP contribution in [0.2, 0.25) is 0 Å². The Balaban J connectivity index is 2.27. The van der Waals surface area contributed by atoms with Crippen molar-refractivity contribution >= 4 is 12.6 Å². The molecule has 1 nitrogen and oxygen atoms in total. The van der Waals surface area contributed by atoms with Crippen molar-refractivity contribution in [2.75, 3.05) is 12.8 Å². The van der Waals surface area contributed by atoms with E-state index in [1.54, 1.807) is 0 Å². The van der Waals surface area contributed by atoms with E-state index >= 15 is 0 Å². The first-order valence-electron chi connectivity index (χ1n) is 4.66. The van der Waals surface area contributed by atoms with Gasteiger partial charge in [-0.25, -0.2) is 0 Å². The predicted octanol–water partition coefficient (Wildman–Crippen LogP) is 2.08. The first-order chi connectivity index (χ1) is 5.38. The molecule has 0 aromatic carbocycles. The highest BCUT2D eigenvalue weighted by molar-refractivity contribution is 7.80. The van der Waals surface area contributed by atoms with Gasteiger partial charge < -0.3 is 5.32 Å². The summed E-state index contributed by atoms with van der Waals surface area (Å²) in [6.45, 7) is 0. The SMILES string of the molecule is CNC(CCS)C1CCCC1. The van der Waals surface area contributed by atoms with E-state index < -0.39 is 0 Å². The molecule has 1 N–H and O–H groups in total. The number of nitrogens with one attached hydrogen (secondary N) is 1. The van der Waals surface area contributed by atoms with Crippen LogP contribution in [0.25, 0.3) is 0 Å². The van der Waals surface area contributed by atoms with Gasteiger partial charge in [0.1, 0.15) is 0 Å². The van der Waals surface area contributed by atoms with E-state index in [-0.39, 0.29) is 0 Å². The van der Waals surface area contributed by atoms with Gasteiger partial charge in [-0.15, -0.1) is 0 Å². The second-order valence-electron chi connectivity index (χ2n) is 3.45. The zero-order valence-electron chi connectivity index (χ0n) is 7.34. The zero-order valence-corrected chi connectivity index (χ0v) is 8.24. The second kappa shape index (κ2) is 5.04. The highest BCUT2D eigenvalue weighted by Gasteiger charge is 2.22. The molecule has 0 radical (unpaired) electrons. The molecule has 1 saturated carbocycles. The van der Waals surface area contributed by atoms with Crippen molar-refractivity contribution in [1.82, 2.24) is 5.32 Å². The van der Waals surface area contributed by atoms with Crippen molar-refractivity contribution in [3.05, 3.63) is 0 Å². The van der Waals surface area contributed by atoms with Gasteiger partial charge in [-0.2, -0.15) is 12.6 Å². The van der Waals surface area contributed by atoms with E-state index in [2.05, 4.69) is 25.0 Å². The number of thiol groups is 1. The topological polar surface area (TPSA) is 12.0 Å². The molecule has 1 atom stereocenters. The van der Waals surface area contributed by atoms with Crippen LogP contribution in [0.1, 0.15) is 32.1 Å². The Kier molecular flexibility index (Phi) is 4.31. The third kappa shape index (κ3) is 2.68. The van der Waals surface area contributed by atoms with Gasteiger partial charge >= 0.3 is 0 Å². The molecular weight excluding hydrogens is 154 g/mol. The lowest BCUT2D eigenvalue weighted by atomic mass is 9.96. The van der Waals surface area contributed by atoms with Crippen molar-refractivity contribution in [3.63, 3.8) is 0 Å². The molecule has 1 rings (SSSR count). The Labute approximate surface area is 75.4 Å². The Morgan fingerprint density at radius 2 is 2.09 bits per heavy atom.